The van der Waals surface area contributed by atoms with Crippen LogP contribution in [-0.4, -0.2) is 58.5 Å². The second-order valence-electron chi connectivity index (χ2n) is 7.46. The van der Waals surface area contributed by atoms with E-state index in [0.29, 0.717) is 24.7 Å². The third-order valence-electron chi connectivity index (χ3n) is 5.29. The van der Waals surface area contributed by atoms with Crippen molar-refractivity contribution in [3.05, 3.63) is 72.2 Å². The SMILES string of the molecule is C[C@@H](CNC(=O)c1coc(CN2CCN(c3ncccn3)CC2)n1)c1ccccc1. The maximum absolute atomic E-state index is 12.4. The minimum Gasteiger partial charge on any atom is -0.447 e. The first-order valence-corrected chi connectivity index (χ1v) is 10.2. The summed E-state index contributed by atoms with van der Waals surface area (Å²) >= 11 is 0. The quantitative estimate of drug-likeness (QED) is 0.644. The highest BCUT2D eigenvalue weighted by molar-refractivity contribution is 5.91. The van der Waals surface area contributed by atoms with Gasteiger partial charge in [0.15, 0.2) is 5.69 Å². The molecule has 8 nitrogen and oxygen atoms in total. The first-order valence-electron chi connectivity index (χ1n) is 10.2. The van der Waals surface area contributed by atoms with E-state index in [4.69, 9.17) is 4.42 Å². The number of hydrogen-bond acceptors (Lipinski definition) is 7. The van der Waals surface area contributed by atoms with Crippen LogP contribution in [0, 0.1) is 0 Å². The number of aromatic nitrogens is 3. The average molecular weight is 406 g/mol. The van der Waals surface area contributed by atoms with E-state index >= 15 is 0 Å². The molecule has 1 atom stereocenters. The molecule has 1 saturated heterocycles. The molecule has 156 valence electrons. The molecule has 1 aromatic carbocycles. The van der Waals surface area contributed by atoms with Gasteiger partial charge in [0.2, 0.25) is 11.8 Å². The maximum Gasteiger partial charge on any atom is 0.273 e. The molecule has 3 heterocycles. The summed E-state index contributed by atoms with van der Waals surface area (Å²) in [7, 11) is 0. The van der Waals surface area contributed by atoms with Gasteiger partial charge in [0.05, 0.1) is 6.54 Å². The van der Waals surface area contributed by atoms with E-state index < -0.39 is 0 Å². The summed E-state index contributed by atoms with van der Waals surface area (Å²) < 4.78 is 5.54. The number of oxazole rings is 1. The number of rotatable bonds is 7. The molecule has 0 unspecified atom stereocenters. The zero-order chi connectivity index (χ0) is 20.8. The molecule has 0 radical (unpaired) electrons. The van der Waals surface area contributed by atoms with Crippen molar-refractivity contribution in [2.75, 3.05) is 37.6 Å². The second-order valence-corrected chi connectivity index (χ2v) is 7.46. The third kappa shape index (κ3) is 5.01. The van der Waals surface area contributed by atoms with Crippen LogP contribution in [-0.2, 0) is 6.54 Å². The lowest BCUT2D eigenvalue weighted by Gasteiger charge is -2.33. The number of anilines is 1. The predicted octanol–water partition coefficient (Wildman–Crippen LogP) is 2.32. The first-order chi connectivity index (χ1) is 14.7. The Morgan fingerprint density at radius 1 is 1.10 bits per heavy atom. The highest BCUT2D eigenvalue weighted by Crippen LogP contribution is 2.14. The van der Waals surface area contributed by atoms with Crippen molar-refractivity contribution in [3.8, 4) is 0 Å². The van der Waals surface area contributed by atoms with Gasteiger partial charge in [-0.15, -0.1) is 0 Å². The van der Waals surface area contributed by atoms with Crippen molar-refractivity contribution in [2.24, 2.45) is 0 Å². The molecule has 0 spiro atoms. The van der Waals surface area contributed by atoms with Gasteiger partial charge in [-0.2, -0.15) is 0 Å². The lowest BCUT2D eigenvalue weighted by Crippen LogP contribution is -2.46. The summed E-state index contributed by atoms with van der Waals surface area (Å²) in [5, 5.41) is 2.94. The molecule has 2 aromatic heterocycles. The number of hydrogen-bond donors (Lipinski definition) is 1. The molecule has 1 amide bonds. The molecule has 1 N–H and O–H groups in total. The van der Waals surface area contributed by atoms with Gasteiger partial charge in [0, 0.05) is 45.1 Å². The van der Waals surface area contributed by atoms with E-state index in [1.54, 1.807) is 12.4 Å². The van der Waals surface area contributed by atoms with Crippen LogP contribution in [0.5, 0.6) is 0 Å². The van der Waals surface area contributed by atoms with Crippen molar-refractivity contribution in [1.29, 1.82) is 0 Å². The summed E-state index contributed by atoms with van der Waals surface area (Å²) in [4.78, 5) is 29.8. The fraction of sp³-hybridized carbons (Fsp3) is 0.364. The highest BCUT2D eigenvalue weighted by atomic mass is 16.3. The van der Waals surface area contributed by atoms with Crippen LogP contribution >= 0.6 is 0 Å². The number of carbonyl (C=O) groups is 1. The minimum atomic E-state index is -0.209. The summed E-state index contributed by atoms with van der Waals surface area (Å²) in [6.07, 6.45) is 4.95. The smallest absolute Gasteiger partial charge is 0.273 e. The molecule has 3 aromatic rings. The van der Waals surface area contributed by atoms with E-state index in [0.717, 1.165) is 32.1 Å². The highest BCUT2D eigenvalue weighted by Gasteiger charge is 2.21. The van der Waals surface area contributed by atoms with Crippen molar-refractivity contribution < 1.29 is 9.21 Å². The van der Waals surface area contributed by atoms with Crippen LogP contribution in [0.1, 0.15) is 34.8 Å². The van der Waals surface area contributed by atoms with Gasteiger partial charge in [-0.25, -0.2) is 15.0 Å². The van der Waals surface area contributed by atoms with Gasteiger partial charge in [-0.3, -0.25) is 9.69 Å². The third-order valence-corrected chi connectivity index (χ3v) is 5.29. The Hall–Kier alpha value is -3.26. The average Bonchev–Trinajstić information content (AvgIpc) is 3.27. The van der Waals surface area contributed by atoms with Crippen molar-refractivity contribution in [3.63, 3.8) is 0 Å². The Balaban J connectivity index is 1.25. The van der Waals surface area contributed by atoms with Crippen LogP contribution in [0.2, 0.25) is 0 Å². The normalized spacial score (nSPS) is 15.7. The minimum absolute atomic E-state index is 0.209. The fourth-order valence-corrected chi connectivity index (χ4v) is 3.48. The fourth-order valence-electron chi connectivity index (χ4n) is 3.48. The summed E-state index contributed by atoms with van der Waals surface area (Å²) in [6, 6.07) is 11.9. The second kappa shape index (κ2) is 9.49. The Morgan fingerprint density at radius 2 is 1.83 bits per heavy atom. The lowest BCUT2D eigenvalue weighted by molar-refractivity contribution is 0.0946. The van der Waals surface area contributed by atoms with Crippen molar-refractivity contribution in [1.82, 2.24) is 25.2 Å². The van der Waals surface area contributed by atoms with Gasteiger partial charge in [-0.1, -0.05) is 37.3 Å². The monoisotopic (exact) mass is 406 g/mol. The molecule has 0 saturated carbocycles. The van der Waals surface area contributed by atoms with Crippen LogP contribution in [0.25, 0.3) is 0 Å². The number of amides is 1. The molecule has 8 heteroatoms. The van der Waals surface area contributed by atoms with Gasteiger partial charge in [-0.05, 0) is 17.5 Å². The van der Waals surface area contributed by atoms with Crippen LogP contribution in [0.4, 0.5) is 5.95 Å². The number of benzene rings is 1. The summed E-state index contributed by atoms with van der Waals surface area (Å²) in [6.45, 7) is 6.62. The summed E-state index contributed by atoms with van der Waals surface area (Å²) in [5.41, 5.74) is 1.51. The molecule has 1 fully saturated rings. The Labute approximate surface area is 176 Å². The van der Waals surface area contributed by atoms with E-state index in [2.05, 4.69) is 49.1 Å². The molecule has 0 aliphatic carbocycles. The first kappa shape index (κ1) is 20.0. The van der Waals surface area contributed by atoms with Gasteiger partial charge < -0.3 is 14.6 Å². The Kier molecular flexibility index (Phi) is 6.34. The molecule has 1 aliphatic rings. The molecule has 4 rings (SSSR count). The number of nitrogens with one attached hydrogen (secondary N) is 1. The van der Waals surface area contributed by atoms with E-state index in [9.17, 15) is 4.79 Å². The molecule has 30 heavy (non-hydrogen) atoms. The lowest BCUT2D eigenvalue weighted by atomic mass is 10.0. The number of piperazine rings is 1. The van der Waals surface area contributed by atoms with Crippen LogP contribution in [0.15, 0.2) is 59.5 Å². The zero-order valence-electron chi connectivity index (χ0n) is 17.1. The number of carbonyl (C=O) groups excluding carboxylic acids is 1. The number of nitrogens with zero attached hydrogens (tertiary/aromatic N) is 5. The van der Waals surface area contributed by atoms with Crippen LogP contribution < -0.4 is 10.2 Å². The summed E-state index contributed by atoms with van der Waals surface area (Å²) in [5.74, 6) is 1.34. The van der Waals surface area contributed by atoms with Gasteiger partial charge in [0.1, 0.15) is 6.26 Å². The Bertz CT molecular complexity index is 939. The molecule has 0 bridgehead atoms. The topological polar surface area (TPSA) is 87.4 Å². The Morgan fingerprint density at radius 3 is 2.57 bits per heavy atom. The zero-order valence-corrected chi connectivity index (χ0v) is 17.1. The molecule has 1 aliphatic heterocycles. The van der Waals surface area contributed by atoms with Crippen LogP contribution in [0.3, 0.4) is 0 Å². The van der Waals surface area contributed by atoms with E-state index in [1.807, 2.05) is 24.3 Å². The van der Waals surface area contributed by atoms with E-state index in [1.165, 1.54) is 11.8 Å². The van der Waals surface area contributed by atoms with Gasteiger partial charge in [0.25, 0.3) is 5.91 Å². The largest absolute Gasteiger partial charge is 0.447 e. The predicted molar refractivity (Wildman–Crippen MR) is 113 cm³/mol. The van der Waals surface area contributed by atoms with E-state index in [-0.39, 0.29) is 11.8 Å². The van der Waals surface area contributed by atoms with Crippen molar-refractivity contribution >= 4 is 11.9 Å². The standard InChI is InChI=1S/C22H26N6O2/c1-17(18-6-3-2-4-7-18)14-25-21(29)19-16-30-20(26-19)15-27-10-12-28(13-11-27)22-23-8-5-9-24-22/h2-9,16-17H,10-15H2,1H3,(H,25,29)/t17-/m0/s1. The van der Waals surface area contributed by atoms with Gasteiger partial charge >= 0.3 is 0 Å². The molecular formula is C22H26N6O2. The maximum atomic E-state index is 12.4. The molecular weight excluding hydrogens is 380 g/mol. The van der Waals surface area contributed by atoms with Crippen molar-refractivity contribution in [2.45, 2.75) is 19.4 Å².